The molecule has 1 N–H and O–H groups in total. The average molecular weight is 398 g/mol. The minimum atomic E-state index is -0.444. The highest BCUT2D eigenvalue weighted by Gasteiger charge is 2.35. The van der Waals surface area contributed by atoms with Crippen molar-refractivity contribution in [2.24, 2.45) is 5.92 Å². The Morgan fingerprint density at radius 3 is 2.60 bits per heavy atom. The maximum absolute atomic E-state index is 12.5. The number of carbonyl (C=O) groups is 2. The number of anilines is 2. The van der Waals surface area contributed by atoms with E-state index >= 15 is 0 Å². The van der Waals surface area contributed by atoms with E-state index in [0.717, 1.165) is 5.56 Å². The van der Waals surface area contributed by atoms with Crippen molar-refractivity contribution in [2.75, 3.05) is 16.8 Å². The number of benzene rings is 2. The Kier molecular flexibility index (Phi) is 5.23. The van der Waals surface area contributed by atoms with Gasteiger partial charge < -0.3 is 10.2 Å². The van der Waals surface area contributed by atoms with Crippen LogP contribution in [-0.2, 0) is 9.59 Å². The average Bonchev–Trinajstić information content (AvgIpc) is 2.95. The van der Waals surface area contributed by atoms with Crippen molar-refractivity contribution in [2.45, 2.75) is 13.3 Å². The number of aryl methyl sites for hydroxylation is 1. The van der Waals surface area contributed by atoms with Crippen molar-refractivity contribution in [3.63, 3.8) is 0 Å². The summed E-state index contributed by atoms with van der Waals surface area (Å²) in [5.41, 5.74) is 2.19. The first-order chi connectivity index (χ1) is 11.8. The third kappa shape index (κ3) is 3.92. The van der Waals surface area contributed by atoms with Crippen LogP contribution in [0.15, 0.2) is 36.4 Å². The summed E-state index contributed by atoms with van der Waals surface area (Å²) in [4.78, 5) is 26.4. The molecule has 0 aliphatic carbocycles. The molecule has 2 amide bonds. The summed E-state index contributed by atoms with van der Waals surface area (Å²) >= 11 is 17.9. The van der Waals surface area contributed by atoms with Gasteiger partial charge in [-0.2, -0.15) is 0 Å². The molecule has 0 bridgehead atoms. The van der Waals surface area contributed by atoms with Crippen molar-refractivity contribution in [3.8, 4) is 0 Å². The van der Waals surface area contributed by atoms with Gasteiger partial charge in [0.1, 0.15) is 0 Å². The van der Waals surface area contributed by atoms with Gasteiger partial charge in [0.15, 0.2) is 0 Å². The summed E-state index contributed by atoms with van der Waals surface area (Å²) in [6.45, 7) is 2.18. The molecule has 0 unspecified atom stereocenters. The van der Waals surface area contributed by atoms with Gasteiger partial charge in [-0.25, -0.2) is 0 Å². The lowest BCUT2D eigenvalue weighted by Crippen LogP contribution is -2.28. The maximum atomic E-state index is 12.5. The number of carbonyl (C=O) groups excluding carboxylic acids is 2. The van der Waals surface area contributed by atoms with Crippen LogP contribution in [0.5, 0.6) is 0 Å². The van der Waals surface area contributed by atoms with E-state index in [2.05, 4.69) is 5.32 Å². The van der Waals surface area contributed by atoms with Crippen molar-refractivity contribution in [1.29, 1.82) is 0 Å². The van der Waals surface area contributed by atoms with Crippen LogP contribution in [0, 0.1) is 12.8 Å². The monoisotopic (exact) mass is 396 g/mol. The highest BCUT2D eigenvalue weighted by molar-refractivity contribution is 6.42. The molecule has 1 aliphatic rings. The zero-order chi connectivity index (χ0) is 18.1. The number of amides is 2. The molecule has 0 radical (unpaired) electrons. The van der Waals surface area contributed by atoms with Gasteiger partial charge in [0.25, 0.3) is 0 Å². The molecule has 1 heterocycles. The first kappa shape index (κ1) is 18.1. The molecule has 1 saturated heterocycles. The van der Waals surface area contributed by atoms with E-state index in [4.69, 9.17) is 34.8 Å². The predicted molar refractivity (Wildman–Crippen MR) is 102 cm³/mol. The van der Waals surface area contributed by atoms with Crippen molar-refractivity contribution < 1.29 is 9.59 Å². The molecule has 25 heavy (non-hydrogen) atoms. The van der Waals surface area contributed by atoms with Crippen molar-refractivity contribution >= 4 is 58.0 Å². The van der Waals surface area contributed by atoms with Gasteiger partial charge in [-0.3, -0.25) is 9.59 Å². The lowest BCUT2D eigenvalue weighted by Gasteiger charge is -2.17. The summed E-state index contributed by atoms with van der Waals surface area (Å²) in [5, 5.41) is 4.19. The number of hydrogen-bond donors (Lipinski definition) is 1. The lowest BCUT2D eigenvalue weighted by atomic mass is 10.1. The van der Waals surface area contributed by atoms with Crippen LogP contribution in [0.1, 0.15) is 12.0 Å². The number of nitrogens with zero attached hydrogens (tertiary/aromatic N) is 1. The number of halogens is 3. The van der Waals surface area contributed by atoms with E-state index in [1.165, 1.54) is 0 Å². The van der Waals surface area contributed by atoms with Crippen LogP contribution in [-0.4, -0.2) is 18.4 Å². The highest BCUT2D eigenvalue weighted by atomic mass is 35.5. The van der Waals surface area contributed by atoms with Crippen LogP contribution in [0.4, 0.5) is 11.4 Å². The molecular formula is C18H15Cl3N2O2. The fourth-order valence-electron chi connectivity index (χ4n) is 2.75. The van der Waals surface area contributed by atoms with Gasteiger partial charge in [0.05, 0.1) is 16.0 Å². The standard InChI is InChI=1S/C18H15Cl3N2O2/c1-10-2-3-12(19)7-16(10)22-18(25)11-6-17(24)23(9-11)13-4-5-14(20)15(21)8-13/h2-5,7-8,11H,6,9H2,1H3,(H,22,25)/t11-/m1/s1. The molecule has 1 fully saturated rings. The second kappa shape index (κ2) is 7.24. The van der Waals surface area contributed by atoms with Gasteiger partial charge in [-0.1, -0.05) is 40.9 Å². The molecule has 2 aromatic rings. The zero-order valence-electron chi connectivity index (χ0n) is 13.4. The van der Waals surface area contributed by atoms with Gasteiger partial charge >= 0.3 is 0 Å². The SMILES string of the molecule is Cc1ccc(Cl)cc1NC(=O)[C@@H]1CC(=O)N(c2ccc(Cl)c(Cl)c2)C1. The van der Waals surface area contributed by atoms with Gasteiger partial charge in [0, 0.05) is 29.4 Å². The van der Waals surface area contributed by atoms with Crippen LogP contribution in [0.2, 0.25) is 15.1 Å². The summed E-state index contributed by atoms with van der Waals surface area (Å²) < 4.78 is 0. The van der Waals surface area contributed by atoms with E-state index in [0.29, 0.717) is 33.0 Å². The number of rotatable bonds is 3. The Morgan fingerprint density at radius 2 is 1.88 bits per heavy atom. The van der Waals surface area contributed by atoms with Crippen molar-refractivity contribution in [1.82, 2.24) is 0 Å². The number of hydrogen-bond acceptors (Lipinski definition) is 2. The largest absolute Gasteiger partial charge is 0.325 e. The molecule has 3 rings (SSSR count). The fourth-order valence-corrected chi connectivity index (χ4v) is 3.21. The summed E-state index contributed by atoms with van der Waals surface area (Å²) in [6.07, 6.45) is 0.145. The van der Waals surface area contributed by atoms with E-state index in [1.54, 1.807) is 35.2 Å². The maximum Gasteiger partial charge on any atom is 0.229 e. The Labute approximate surface area is 160 Å². The topological polar surface area (TPSA) is 49.4 Å². The van der Waals surface area contributed by atoms with Crippen LogP contribution >= 0.6 is 34.8 Å². The first-order valence-electron chi connectivity index (χ1n) is 7.67. The van der Waals surface area contributed by atoms with E-state index in [-0.39, 0.29) is 18.2 Å². The molecule has 4 nitrogen and oxygen atoms in total. The van der Waals surface area contributed by atoms with E-state index in [1.807, 2.05) is 13.0 Å². The molecule has 1 aliphatic heterocycles. The second-order valence-electron chi connectivity index (χ2n) is 5.95. The minimum Gasteiger partial charge on any atom is -0.325 e. The third-order valence-electron chi connectivity index (χ3n) is 4.17. The Hall–Kier alpha value is -1.75. The molecular weight excluding hydrogens is 383 g/mol. The zero-order valence-corrected chi connectivity index (χ0v) is 15.6. The normalized spacial score (nSPS) is 17.0. The molecule has 130 valence electrons. The smallest absolute Gasteiger partial charge is 0.229 e. The van der Waals surface area contributed by atoms with E-state index in [9.17, 15) is 9.59 Å². The van der Waals surface area contributed by atoms with Crippen LogP contribution in [0.25, 0.3) is 0 Å². The Balaban J connectivity index is 1.74. The summed E-state index contributed by atoms with van der Waals surface area (Å²) in [6, 6.07) is 10.3. The first-order valence-corrected chi connectivity index (χ1v) is 8.81. The summed E-state index contributed by atoms with van der Waals surface area (Å²) in [5.74, 6) is -0.775. The van der Waals surface area contributed by atoms with Gasteiger partial charge in [-0.15, -0.1) is 0 Å². The van der Waals surface area contributed by atoms with Gasteiger partial charge in [0.2, 0.25) is 11.8 Å². The third-order valence-corrected chi connectivity index (χ3v) is 5.14. The Morgan fingerprint density at radius 1 is 1.12 bits per heavy atom. The fraction of sp³-hybridized carbons (Fsp3) is 0.222. The molecule has 1 atom stereocenters. The number of nitrogens with one attached hydrogen (secondary N) is 1. The predicted octanol–water partition coefficient (Wildman–Crippen LogP) is 4.95. The molecule has 0 spiro atoms. The molecule has 7 heteroatoms. The second-order valence-corrected chi connectivity index (χ2v) is 7.20. The van der Waals surface area contributed by atoms with Crippen LogP contribution in [0.3, 0.4) is 0 Å². The molecule has 2 aromatic carbocycles. The quantitative estimate of drug-likeness (QED) is 0.797. The molecule has 0 aromatic heterocycles. The highest BCUT2D eigenvalue weighted by Crippen LogP contribution is 2.31. The van der Waals surface area contributed by atoms with Gasteiger partial charge in [-0.05, 0) is 42.8 Å². The molecule has 0 saturated carbocycles. The Bertz CT molecular complexity index is 854. The van der Waals surface area contributed by atoms with Crippen molar-refractivity contribution in [3.05, 3.63) is 57.0 Å². The summed E-state index contributed by atoms with van der Waals surface area (Å²) in [7, 11) is 0. The van der Waals surface area contributed by atoms with Crippen LogP contribution < -0.4 is 10.2 Å². The lowest BCUT2D eigenvalue weighted by molar-refractivity contribution is -0.122. The van der Waals surface area contributed by atoms with E-state index < -0.39 is 5.92 Å². The minimum absolute atomic E-state index is 0.124.